The maximum absolute atomic E-state index is 13.5. The highest BCUT2D eigenvalue weighted by molar-refractivity contribution is 7.89. The van der Waals surface area contributed by atoms with Crippen LogP contribution >= 0.6 is 0 Å². The molecule has 4 N–H and O–H groups in total. The first kappa shape index (κ1) is 27.1. The van der Waals surface area contributed by atoms with Crippen LogP contribution in [0.5, 0.6) is 0 Å². The number of benzene rings is 3. The molecule has 3 aromatic carbocycles. The molecule has 0 saturated heterocycles. The van der Waals surface area contributed by atoms with E-state index >= 15 is 0 Å². The monoisotopic (exact) mass is 512 g/mol. The highest BCUT2D eigenvalue weighted by Crippen LogP contribution is 2.30. The average Bonchev–Trinajstić information content (AvgIpc) is 2.87. The maximum Gasteiger partial charge on any atom is 0.243 e. The predicted octanol–water partition coefficient (Wildman–Crippen LogP) is 3.65. The molecule has 3 aromatic rings. The van der Waals surface area contributed by atoms with E-state index in [1.807, 2.05) is 37.2 Å². The van der Waals surface area contributed by atoms with Gasteiger partial charge in [0, 0.05) is 42.7 Å². The highest BCUT2D eigenvalue weighted by atomic mass is 32.2. The Bertz CT molecular complexity index is 1300. The number of rotatable bonds is 12. The summed E-state index contributed by atoms with van der Waals surface area (Å²) < 4.78 is 29.7. The Balaban J connectivity index is 1.84. The Kier molecular flexibility index (Phi) is 9.40. The van der Waals surface area contributed by atoms with Crippen LogP contribution in [0.3, 0.4) is 0 Å². The summed E-state index contributed by atoms with van der Waals surface area (Å²) in [5, 5.41) is 12.7. The van der Waals surface area contributed by atoms with Gasteiger partial charge in [-0.1, -0.05) is 55.3 Å². The fourth-order valence-corrected chi connectivity index (χ4v) is 5.45. The topological polar surface area (TPSA) is 128 Å². The van der Waals surface area contributed by atoms with Gasteiger partial charge >= 0.3 is 0 Å². The summed E-state index contributed by atoms with van der Waals surface area (Å²) in [4.78, 5) is 26.3. The molecule has 0 aliphatic rings. The number of sulfonamides is 1. The number of amides is 2. The van der Waals surface area contributed by atoms with Crippen molar-refractivity contribution in [1.29, 1.82) is 0 Å². The van der Waals surface area contributed by atoms with E-state index < -0.39 is 27.9 Å². The molecule has 36 heavy (non-hydrogen) atoms. The van der Waals surface area contributed by atoms with Crippen LogP contribution in [0, 0.1) is 0 Å². The van der Waals surface area contributed by atoms with E-state index in [0.717, 1.165) is 11.1 Å². The van der Waals surface area contributed by atoms with Gasteiger partial charge in [0.2, 0.25) is 21.8 Å². The summed E-state index contributed by atoms with van der Waals surface area (Å²) in [5.74, 6) is -0.950. The van der Waals surface area contributed by atoms with E-state index in [4.69, 9.17) is 5.21 Å². The minimum atomic E-state index is -4.05. The Morgan fingerprint density at radius 2 is 1.58 bits per heavy atom. The number of para-hydroxylation sites is 1. The van der Waals surface area contributed by atoms with Crippen LogP contribution in [0.15, 0.2) is 71.6 Å². The number of anilines is 2. The Labute approximate surface area is 211 Å². The average molecular weight is 513 g/mol. The van der Waals surface area contributed by atoms with Gasteiger partial charge in [-0.3, -0.25) is 14.8 Å². The Morgan fingerprint density at radius 3 is 2.28 bits per heavy atom. The normalized spacial score (nSPS) is 12.2. The number of fused-ring (bicyclic) bond motifs is 1. The molecule has 0 aliphatic heterocycles. The first-order valence-corrected chi connectivity index (χ1v) is 13.2. The number of hydrogen-bond acceptors (Lipinski definition) is 6. The molecular weight excluding hydrogens is 480 g/mol. The number of hydroxylamine groups is 1. The molecule has 0 unspecified atom stereocenters. The first-order chi connectivity index (χ1) is 17.2. The van der Waals surface area contributed by atoms with Gasteiger partial charge in [0.25, 0.3) is 0 Å². The van der Waals surface area contributed by atoms with Crippen LogP contribution in [-0.4, -0.2) is 45.6 Å². The summed E-state index contributed by atoms with van der Waals surface area (Å²) in [6.07, 6.45) is 1.99. The van der Waals surface area contributed by atoms with Crippen molar-refractivity contribution in [2.75, 3.05) is 24.3 Å². The second-order valence-electron chi connectivity index (χ2n) is 8.69. The van der Waals surface area contributed by atoms with Gasteiger partial charge in [0.05, 0.1) is 4.90 Å². The van der Waals surface area contributed by atoms with Gasteiger partial charge in [-0.2, -0.15) is 4.72 Å². The molecule has 0 heterocycles. The van der Waals surface area contributed by atoms with Gasteiger partial charge in [-0.15, -0.1) is 0 Å². The molecule has 10 heteroatoms. The molecule has 3 rings (SSSR count). The lowest BCUT2D eigenvalue weighted by Crippen LogP contribution is -2.43. The molecule has 0 radical (unpaired) electrons. The van der Waals surface area contributed by atoms with E-state index in [9.17, 15) is 18.0 Å². The van der Waals surface area contributed by atoms with E-state index in [0.29, 0.717) is 30.3 Å². The van der Waals surface area contributed by atoms with Gasteiger partial charge in [-0.25, -0.2) is 13.9 Å². The zero-order valence-corrected chi connectivity index (χ0v) is 21.2. The van der Waals surface area contributed by atoms with Gasteiger partial charge in [-0.05, 0) is 37.1 Å². The molecule has 0 spiro atoms. The SMILES string of the molecule is CN(C)c1cccc2c(S(=O)(=O)N[C@@H](CCCCCC(=O)NO)C(=O)Nc3ccccc3)cccc12. The van der Waals surface area contributed by atoms with Crippen molar-refractivity contribution < 1.29 is 23.2 Å². The van der Waals surface area contributed by atoms with Crippen molar-refractivity contribution in [3.05, 3.63) is 66.7 Å². The lowest BCUT2D eigenvalue weighted by Gasteiger charge is -2.20. The quantitative estimate of drug-likeness (QED) is 0.167. The fourth-order valence-electron chi connectivity index (χ4n) is 4.00. The summed E-state index contributed by atoms with van der Waals surface area (Å²) in [5.41, 5.74) is 3.03. The fraction of sp³-hybridized carbons (Fsp3) is 0.308. The Morgan fingerprint density at radius 1 is 0.889 bits per heavy atom. The second kappa shape index (κ2) is 12.5. The lowest BCUT2D eigenvalue weighted by atomic mass is 10.1. The van der Waals surface area contributed by atoms with Crippen LogP contribution < -0.4 is 20.4 Å². The summed E-state index contributed by atoms with van der Waals surface area (Å²) in [7, 11) is -0.270. The third-order valence-electron chi connectivity index (χ3n) is 5.81. The molecular formula is C26H32N4O5S. The molecule has 0 saturated carbocycles. The largest absolute Gasteiger partial charge is 0.377 e. The molecule has 0 aromatic heterocycles. The van der Waals surface area contributed by atoms with E-state index in [1.54, 1.807) is 47.9 Å². The third-order valence-corrected chi connectivity index (χ3v) is 7.34. The molecule has 192 valence electrons. The van der Waals surface area contributed by atoms with Crippen molar-refractivity contribution in [2.24, 2.45) is 0 Å². The zero-order chi connectivity index (χ0) is 26.1. The van der Waals surface area contributed by atoms with Crippen LogP contribution in [0.25, 0.3) is 10.8 Å². The second-order valence-corrected chi connectivity index (χ2v) is 10.4. The number of carbonyl (C=O) groups excluding carboxylic acids is 2. The van der Waals surface area contributed by atoms with Crippen LogP contribution in [0.2, 0.25) is 0 Å². The van der Waals surface area contributed by atoms with E-state index in [1.165, 1.54) is 6.07 Å². The molecule has 0 bridgehead atoms. The summed E-state index contributed by atoms with van der Waals surface area (Å²) in [6, 6.07) is 18.4. The molecule has 0 aliphatic carbocycles. The van der Waals surface area contributed by atoms with Crippen molar-refractivity contribution in [3.63, 3.8) is 0 Å². The van der Waals surface area contributed by atoms with Crippen LogP contribution in [-0.2, 0) is 19.6 Å². The standard InChI is InChI=1S/C26H32N4O5S/c1-30(2)23-16-9-14-21-20(23)13-10-17-24(21)36(34,35)29-22(15-7-4-8-18-25(31)28-33)26(32)27-19-11-5-3-6-12-19/h3,5-6,9-14,16-17,22,29,33H,4,7-8,15,18H2,1-2H3,(H,27,32)(H,28,31)/t22-/m0/s1. The minimum absolute atomic E-state index is 0.0980. The summed E-state index contributed by atoms with van der Waals surface area (Å²) >= 11 is 0. The summed E-state index contributed by atoms with van der Waals surface area (Å²) in [6.45, 7) is 0. The molecule has 2 amide bonds. The van der Waals surface area contributed by atoms with Crippen LogP contribution in [0.4, 0.5) is 11.4 Å². The highest BCUT2D eigenvalue weighted by Gasteiger charge is 2.27. The first-order valence-electron chi connectivity index (χ1n) is 11.7. The number of nitrogens with zero attached hydrogens (tertiary/aromatic N) is 1. The van der Waals surface area contributed by atoms with Crippen LogP contribution in [0.1, 0.15) is 32.1 Å². The maximum atomic E-state index is 13.5. The number of carbonyl (C=O) groups is 2. The lowest BCUT2D eigenvalue weighted by molar-refractivity contribution is -0.129. The predicted molar refractivity (Wildman–Crippen MR) is 140 cm³/mol. The molecule has 1 atom stereocenters. The third kappa shape index (κ3) is 7.03. The van der Waals surface area contributed by atoms with Crippen molar-refractivity contribution in [3.8, 4) is 0 Å². The zero-order valence-electron chi connectivity index (χ0n) is 20.4. The minimum Gasteiger partial charge on any atom is -0.377 e. The smallest absolute Gasteiger partial charge is 0.243 e. The van der Waals surface area contributed by atoms with Crippen molar-refractivity contribution in [1.82, 2.24) is 10.2 Å². The number of unbranched alkanes of at least 4 members (excludes halogenated alkanes) is 2. The van der Waals surface area contributed by atoms with Gasteiger partial charge in [0.15, 0.2) is 0 Å². The van der Waals surface area contributed by atoms with Crippen molar-refractivity contribution >= 4 is 44.0 Å². The Hall–Kier alpha value is -3.47. The number of hydrogen-bond donors (Lipinski definition) is 4. The van der Waals surface area contributed by atoms with E-state index in [2.05, 4.69) is 10.0 Å². The van der Waals surface area contributed by atoms with Gasteiger partial charge in [0.1, 0.15) is 6.04 Å². The number of nitrogens with one attached hydrogen (secondary N) is 3. The molecule has 9 nitrogen and oxygen atoms in total. The van der Waals surface area contributed by atoms with Crippen molar-refractivity contribution in [2.45, 2.75) is 43.0 Å². The molecule has 0 fully saturated rings. The van der Waals surface area contributed by atoms with E-state index in [-0.39, 0.29) is 17.7 Å². The van der Waals surface area contributed by atoms with Gasteiger partial charge < -0.3 is 10.2 Å².